The Balaban J connectivity index is 2.44. The van der Waals surface area contributed by atoms with Crippen LogP contribution < -0.4 is 16.0 Å². The zero-order valence-corrected chi connectivity index (χ0v) is 15.1. The minimum absolute atomic E-state index is 0.0329. The fourth-order valence-corrected chi connectivity index (χ4v) is 2.60. The lowest BCUT2D eigenvalue weighted by molar-refractivity contribution is -0.119. The van der Waals surface area contributed by atoms with E-state index in [2.05, 4.69) is 20.9 Å². The summed E-state index contributed by atoms with van der Waals surface area (Å²) in [4.78, 5) is 16.0. The molecule has 1 atom stereocenters. The van der Waals surface area contributed by atoms with Crippen molar-refractivity contribution in [2.75, 3.05) is 25.1 Å². The summed E-state index contributed by atoms with van der Waals surface area (Å²) in [5.74, 6) is 1.02. The molecule has 0 fully saturated rings. The van der Waals surface area contributed by atoms with Gasteiger partial charge in [-0.25, -0.2) is 13.4 Å². The fourth-order valence-electron chi connectivity index (χ4n) is 1.82. The van der Waals surface area contributed by atoms with E-state index in [0.717, 1.165) is 0 Å². The van der Waals surface area contributed by atoms with Crippen LogP contribution in [0.1, 0.15) is 26.0 Å². The number of carbonyl (C=O) groups is 1. The summed E-state index contributed by atoms with van der Waals surface area (Å²) in [7, 11) is -3.00. The highest BCUT2D eigenvalue weighted by atomic mass is 32.2. The van der Waals surface area contributed by atoms with E-state index < -0.39 is 9.84 Å². The number of rotatable bonds is 9. The summed E-state index contributed by atoms with van der Waals surface area (Å²) in [6, 6.07) is 3.45. The molecule has 0 aromatic carbocycles. The van der Waals surface area contributed by atoms with Crippen LogP contribution >= 0.6 is 0 Å². The lowest BCUT2D eigenvalue weighted by Crippen LogP contribution is -2.43. The highest BCUT2D eigenvalue weighted by molar-refractivity contribution is 7.90. The van der Waals surface area contributed by atoms with Gasteiger partial charge in [-0.15, -0.1) is 0 Å². The SMILES string of the molecule is CCNC(=NCC(=O)NCc1ccco1)NC(C)CCS(C)(=O)=O. The summed E-state index contributed by atoms with van der Waals surface area (Å²) in [5, 5.41) is 8.82. The third kappa shape index (κ3) is 9.19. The molecular weight excluding hydrogens is 332 g/mol. The standard InChI is InChI=1S/C15H26N4O4S/c1-4-16-15(19-12(2)7-9-24(3,21)22)18-11-14(20)17-10-13-6-5-8-23-13/h5-6,8,12H,4,7,9-11H2,1-3H3,(H,17,20)(H2,16,18,19). The minimum Gasteiger partial charge on any atom is -0.467 e. The number of hydrogen-bond donors (Lipinski definition) is 3. The summed E-state index contributed by atoms with van der Waals surface area (Å²) in [5.41, 5.74) is 0. The average molecular weight is 358 g/mol. The van der Waals surface area contributed by atoms with E-state index in [4.69, 9.17) is 4.42 Å². The Labute approximate surface area is 143 Å². The van der Waals surface area contributed by atoms with Crippen molar-refractivity contribution in [2.24, 2.45) is 4.99 Å². The van der Waals surface area contributed by atoms with Crippen LogP contribution in [0.4, 0.5) is 0 Å². The Morgan fingerprint density at radius 3 is 2.71 bits per heavy atom. The third-order valence-electron chi connectivity index (χ3n) is 3.07. The molecule has 1 unspecified atom stereocenters. The molecule has 1 heterocycles. The van der Waals surface area contributed by atoms with Crippen molar-refractivity contribution in [3.63, 3.8) is 0 Å². The topological polar surface area (TPSA) is 113 Å². The lowest BCUT2D eigenvalue weighted by Gasteiger charge is -2.17. The van der Waals surface area contributed by atoms with E-state index in [0.29, 0.717) is 31.2 Å². The van der Waals surface area contributed by atoms with Crippen molar-refractivity contribution in [1.82, 2.24) is 16.0 Å². The Morgan fingerprint density at radius 1 is 1.38 bits per heavy atom. The van der Waals surface area contributed by atoms with Crippen molar-refractivity contribution >= 4 is 21.7 Å². The van der Waals surface area contributed by atoms with Crippen molar-refractivity contribution < 1.29 is 17.6 Å². The van der Waals surface area contributed by atoms with E-state index >= 15 is 0 Å². The van der Waals surface area contributed by atoms with Crippen LogP contribution in [-0.2, 0) is 21.2 Å². The summed E-state index contributed by atoms with van der Waals surface area (Å²) in [6.45, 7) is 4.70. The lowest BCUT2D eigenvalue weighted by atomic mass is 10.3. The molecule has 0 saturated carbocycles. The second kappa shape index (κ2) is 9.96. The number of nitrogens with zero attached hydrogens (tertiary/aromatic N) is 1. The van der Waals surface area contributed by atoms with E-state index in [9.17, 15) is 13.2 Å². The molecule has 1 amide bonds. The van der Waals surface area contributed by atoms with Crippen molar-refractivity contribution in [2.45, 2.75) is 32.9 Å². The van der Waals surface area contributed by atoms with Crippen LogP contribution in [0.25, 0.3) is 0 Å². The van der Waals surface area contributed by atoms with Gasteiger partial charge in [0.2, 0.25) is 5.91 Å². The van der Waals surface area contributed by atoms with Gasteiger partial charge < -0.3 is 20.4 Å². The molecule has 8 nitrogen and oxygen atoms in total. The molecule has 1 rings (SSSR count). The molecule has 1 aromatic rings. The van der Waals surface area contributed by atoms with Crippen LogP contribution in [0.5, 0.6) is 0 Å². The number of carbonyl (C=O) groups excluding carboxylic acids is 1. The number of nitrogens with one attached hydrogen (secondary N) is 3. The third-order valence-corrected chi connectivity index (χ3v) is 4.05. The number of furan rings is 1. The van der Waals surface area contributed by atoms with E-state index in [1.807, 2.05) is 13.8 Å². The van der Waals surface area contributed by atoms with Gasteiger partial charge in [0, 0.05) is 18.8 Å². The van der Waals surface area contributed by atoms with Crippen LogP contribution in [0.3, 0.4) is 0 Å². The molecular formula is C15H26N4O4S. The summed E-state index contributed by atoms with van der Waals surface area (Å²) >= 11 is 0. The van der Waals surface area contributed by atoms with Gasteiger partial charge in [-0.1, -0.05) is 0 Å². The maximum Gasteiger partial charge on any atom is 0.242 e. The van der Waals surface area contributed by atoms with Crippen LogP contribution in [0.2, 0.25) is 0 Å². The van der Waals surface area contributed by atoms with E-state index in [1.54, 1.807) is 18.4 Å². The molecule has 0 radical (unpaired) electrons. The zero-order chi connectivity index (χ0) is 18.0. The van der Waals surface area contributed by atoms with Gasteiger partial charge >= 0.3 is 0 Å². The Kier molecular flexibility index (Phi) is 8.31. The fraction of sp³-hybridized carbons (Fsp3) is 0.600. The van der Waals surface area contributed by atoms with E-state index in [-0.39, 0.29) is 24.2 Å². The Morgan fingerprint density at radius 2 is 2.12 bits per heavy atom. The predicted molar refractivity (Wildman–Crippen MR) is 93.5 cm³/mol. The smallest absolute Gasteiger partial charge is 0.242 e. The summed E-state index contributed by atoms with van der Waals surface area (Å²) in [6.07, 6.45) is 3.22. The Bertz CT molecular complexity index is 626. The van der Waals surface area contributed by atoms with Gasteiger partial charge in [0.1, 0.15) is 22.1 Å². The zero-order valence-electron chi connectivity index (χ0n) is 14.3. The quantitative estimate of drug-likeness (QED) is 0.431. The first-order valence-electron chi connectivity index (χ1n) is 7.81. The number of sulfone groups is 1. The van der Waals surface area contributed by atoms with Gasteiger partial charge in [0.25, 0.3) is 0 Å². The van der Waals surface area contributed by atoms with Gasteiger partial charge in [-0.3, -0.25) is 4.79 Å². The molecule has 24 heavy (non-hydrogen) atoms. The van der Waals surface area contributed by atoms with Crippen molar-refractivity contribution in [1.29, 1.82) is 0 Å². The molecule has 0 aliphatic heterocycles. The first-order valence-corrected chi connectivity index (χ1v) is 9.88. The molecule has 0 saturated heterocycles. The average Bonchev–Trinajstić information content (AvgIpc) is 3.01. The highest BCUT2D eigenvalue weighted by Crippen LogP contribution is 1.98. The van der Waals surface area contributed by atoms with Crippen LogP contribution in [-0.4, -0.2) is 51.4 Å². The van der Waals surface area contributed by atoms with Crippen LogP contribution in [0.15, 0.2) is 27.8 Å². The first kappa shape index (κ1) is 20.0. The first-order chi connectivity index (χ1) is 11.3. The number of guanidine groups is 1. The van der Waals surface area contributed by atoms with Crippen LogP contribution in [0, 0.1) is 0 Å². The second-order valence-corrected chi connectivity index (χ2v) is 7.77. The van der Waals surface area contributed by atoms with Crippen molar-refractivity contribution in [3.05, 3.63) is 24.2 Å². The normalized spacial score (nSPS) is 13.4. The van der Waals surface area contributed by atoms with Gasteiger partial charge in [0.15, 0.2) is 5.96 Å². The molecule has 0 spiro atoms. The predicted octanol–water partition coefficient (Wildman–Crippen LogP) is 0.274. The van der Waals surface area contributed by atoms with Gasteiger partial charge in [-0.05, 0) is 32.4 Å². The number of amides is 1. The minimum atomic E-state index is -3.00. The molecule has 9 heteroatoms. The Hall–Kier alpha value is -2.03. The maximum atomic E-state index is 11.8. The number of aliphatic imine (C=N–C) groups is 1. The second-order valence-electron chi connectivity index (χ2n) is 5.52. The molecule has 136 valence electrons. The maximum absolute atomic E-state index is 11.8. The van der Waals surface area contributed by atoms with Crippen molar-refractivity contribution in [3.8, 4) is 0 Å². The molecule has 0 aliphatic rings. The largest absolute Gasteiger partial charge is 0.467 e. The molecule has 3 N–H and O–H groups in total. The monoisotopic (exact) mass is 358 g/mol. The van der Waals surface area contributed by atoms with Gasteiger partial charge in [-0.2, -0.15) is 0 Å². The molecule has 0 aliphatic carbocycles. The highest BCUT2D eigenvalue weighted by Gasteiger charge is 2.10. The van der Waals surface area contributed by atoms with Gasteiger partial charge in [0.05, 0.1) is 18.6 Å². The molecule has 1 aromatic heterocycles. The molecule has 0 bridgehead atoms. The van der Waals surface area contributed by atoms with E-state index in [1.165, 1.54) is 6.26 Å². The summed E-state index contributed by atoms with van der Waals surface area (Å²) < 4.78 is 27.5. The number of hydrogen-bond acceptors (Lipinski definition) is 5.